The van der Waals surface area contributed by atoms with Crippen molar-refractivity contribution in [1.82, 2.24) is 5.32 Å². The molecule has 0 spiro atoms. The minimum absolute atomic E-state index is 0.167. The number of aliphatic hydroxyl groups is 1. The molecule has 3 nitrogen and oxygen atoms in total. The van der Waals surface area contributed by atoms with Crippen LogP contribution in [0.25, 0.3) is 0 Å². The Balaban J connectivity index is 1.87. The lowest BCUT2D eigenvalue weighted by molar-refractivity contribution is 0.127. The molecule has 0 radical (unpaired) electrons. The second kappa shape index (κ2) is 6.93. The van der Waals surface area contributed by atoms with Gasteiger partial charge in [0.15, 0.2) is 0 Å². The monoisotopic (exact) mass is 293 g/mol. The fraction of sp³-hybridized carbons (Fsp3) is 0.375. The topological polar surface area (TPSA) is 45.4 Å². The summed E-state index contributed by atoms with van der Waals surface area (Å²) < 4.78 is 5.21. The minimum Gasteiger partial charge on any atom is -0.467 e. The number of nitrogens with one attached hydrogen (secondary N) is 1. The van der Waals surface area contributed by atoms with Gasteiger partial charge >= 0.3 is 0 Å². The lowest BCUT2D eigenvalue weighted by Gasteiger charge is -2.22. The fourth-order valence-corrected chi connectivity index (χ4v) is 2.40. The SMILES string of the molecule is CC(CC(O)c1ccco1)NC(C)c1ccc(Cl)cc1. The van der Waals surface area contributed by atoms with Crippen molar-refractivity contribution in [1.29, 1.82) is 0 Å². The van der Waals surface area contributed by atoms with Crippen molar-refractivity contribution in [3.05, 3.63) is 59.0 Å². The van der Waals surface area contributed by atoms with Crippen LogP contribution in [-0.2, 0) is 0 Å². The van der Waals surface area contributed by atoms with Crippen molar-refractivity contribution in [2.24, 2.45) is 0 Å². The summed E-state index contributed by atoms with van der Waals surface area (Å²) in [6, 6.07) is 11.7. The van der Waals surface area contributed by atoms with E-state index in [1.54, 1.807) is 18.4 Å². The van der Waals surface area contributed by atoms with Crippen LogP contribution in [0.5, 0.6) is 0 Å². The van der Waals surface area contributed by atoms with Crippen molar-refractivity contribution < 1.29 is 9.52 Å². The maximum atomic E-state index is 10.0. The van der Waals surface area contributed by atoms with Crippen molar-refractivity contribution in [3.8, 4) is 0 Å². The summed E-state index contributed by atoms with van der Waals surface area (Å²) in [6.07, 6.45) is 1.60. The van der Waals surface area contributed by atoms with Gasteiger partial charge in [-0.05, 0) is 50.1 Å². The van der Waals surface area contributed by atoms with Gasteiger partial charge in [-0.15, -0.1) is 0 Å². The summed E-state index contributed by atoms with van der Waals surface area (Å²) in [5.74, 6) is 0.609. The molecule has 3 atom stereocenters. The van der Waals surface area contributed by atoms with E-state index in [1.807, 2.05) is 24.3 Å². The van der Waals surface area contributed by atoms with Crippen LogP contribution in [0.2, 0.25) is 5.02 Å². The van der Waals surface area contributed by atoms with E-state index in [4.69, 9.17) is 16.0 Å². The Kier molecular flexibility index (Phi) is 5.24. The lowest BCUT2D eigenvalue weighted by atomic mass is 10.0. The molecule has 0 saturated heterocycles. The van der Waals surface area contributed by atoms with Gasteiger partial charge in [0.1, 0.15) is 11.9 Å². The Labute approximate surface area is 124 Å². The lowest BCUT2D eigenvalue weighted by Crippen LogP contribution is -2.30. The predicted molar refractivity (Wildman–Crippen MR) is 80.7 cm³/mol. The summed E-state index contributed by atoms with van der Waals surface area (Å²) in [7, 11) is 0. The van der Waals surface area contributed by atoms with Gasteiger partial charge in [-0.3, -0.25) is 0 Å². The summed E-state index contributed by atoms with van der Waals surface area (Å²) in [5.41, 5.74) is 1.17. The Hall–Kier alpha value is -1.29. The molecule has 4 heteroatoms. The van der Waals surface area contributed by atoms with Gasteiger partial charge in [-0.1, -0.05) is 23.7 Å². The molecule has 0 amide bonds. The molecular weight excluding hydrogens is 274 g/mol. The molecule has 3 unspecified atom stereocenters. The highest BCUT2D eigenvalue weighted by Gasteiger charge is 2.16. The zero-order valence-electron chi connectivity index (χ0n) is 11.7. The van der Waals surface area contributed by atoms with Crippen LogP contribution in [0.4, 0.5) is 0 Å². The second-order valence-corrected chi connectivity index (χ2v) is 5.54. The van der Waals surface area contributed by atoms with E-state index in [-0.39, 0.29) is 12.1 Å². The van der Waals surface area contributed by atoms with Gasteiger partial charge in [-0.2, -0.15) is 0 Å². The molecule has 2 rings (SSSR count). The van der Waals surface area contributed by atoms with Crippen molar-refractivity contribution >= 4 is 11.6 Å². The number of halogens is 1. The molecule has 0 fully saturated rings. The maximum Gasteiger partial charge on any atom is 0.132 e. The Morgan fingerprint density at radius 2 is 1.90 bits per heavy atom. The number of rotatable bonds is 6. The first-order chi connectivity index (χ1) is 9.56. The fourth-order valence-electron chi connectivity index (χ4n) is 2.27. The predicted octanol–water partition coefficient (Wildman–Crippen LogP) is 4.10. The van der Waals surface area contributed by atoms with Crippen LogP contribution in [0.1, 0.15) is 43.7 Å². The first-order valence-electron chi connectivity index (χ1n) is 6.79. The second-order valence-electron chi connectivity index (χ2n) is 5.11. The highest BCUT2D eigenvalue weighted by Crippen LogP contribution is 2.21. The summed E-state index contributed by atoms with van der Waals surface area (Å²) >= 11 is 5.88. The molecule has 108 valence electrons. The van der Waals surface area contributed by atoms with E-state index >= 15 is 0 Å². The molecular formula is C16H20ClNO2. The molecule has 1 heterocycles. The zero-order chi connectivity index (χ0) is 14.5. The molecule has 0 saturated carbocycles. The van der Waals surface area contributed by atoms with Crippen molar-refractivity contribution in [3.63, 3.8) is 0 Å². The van der Waals surface area contributed by atoms with Gasteiger partial charge in [-0.25, -0.2) is 0 Å². The van der Waals surface area contributed by atoms with Crippen LogP contribution >= 0.6 is 11.6 Å². The molecule has 2 aromatic rings. The maximum absolute atomic E-state index is 10.0. The Bertz CT molecular complexity index is 510. The molecule has 20 heavy (non-hydrogen) atoms. The van der Waals surface area contributed by atoms with E-state index in [9.17, 15) is 5.11 Å². The van der Waals surface area contributed by atoms with Gasteiger partial charge in [0, 0.05) is 17.1 Å². The van der Waals surface area contributed by atoms with E-state index in [0.29, 0.717) is 12.2 Å². The first-order valence-corrected chi connectivity index (χ1v) is 7.17. The summed E-state index contributed by atoms with van der Waals surface area (Å²) in [5, 5.41) is 14.3. The zero-order valence-corrected chi connectivity index (χ0v) is 12.5. The van der Waals surface area contributed by atoms with Crippen molar-refractivity contribution in [2.45, 2.75) is 38.5 Å². The largest absolute Gasteiger partial charge is 0.467 e. The third-order valence-corrected chi connectivity index (χ3v) is 3.60. The summed E-state index contributed by atoms with van der Waals surface area (Å²) in [4.78, 5) is 0. The average molecular weight is 294 g/mol. The molecule has 0 bridgehead atoms. The number of hydrogen-bond donors (Lipinski definition) is 2. The molecule has 2 N–H and O–H groups in total. The normalized spacial score (nSPS) is 15.8. The van der Waals surface area contributed by atoms with Crippen LogP contribution < -0.4 is 5.32 Å². The first kappa shape index (κ1) is 15.1. The van der Waals surface area contributed by atoms with E-state index in [1.165, 1.54) is 5.56 Å². The number of aliphatic hydroxyl groups excluding tert-OH is 1. The molecule has 0 aliphatic carbocycles. The quantitative estimate of drug-likeness (QED) is 0.843. The number of hydrogen-bond acceptors (Lipinski definition) is 3. The highest BCUT2D eigenvalue weighted by atomic mass is 35.5. The van der Waals surface area contributed by atoms with Crippen LogP contribution in [0, 0.1) is 0 Å². The molecule has 1 aromatic heterocycles. The Morgan fingerprint density at radius 3 is 2.50 bits per heavy atom. The Morgan fingerprint density at radius 1 is 1.20 bits per heavy atom. The van der Waals surface area contributed by atoms with Gasteiger partial charge < -0.3 is 14.8 Å². The van der Waals surface area contributed by atoms with E-state index in [0.717, 1.165) is 5.02 Å². The third-order valence-electron chi connectivity index (χ3n) is 3.35. The molecule has 0 aliphatic heterocycles. The van der Waals surface area contributed by atoms with Gasteiger partial charge in [0.05, 0.1) is 6.26 Å². The van der Waals surface area contributed by atoms with Crippen LogP contribution in [0.3, 0.4) is 0 Å². The highest BCUT2D eigenvalue weighted by molar-refractivity contribution is 6.30. The molecule has 0 aliphatic rings. The van der Waals surface area contributed by atoms with E-state index < -0.39 is 6.10 Å². The smallest absolute Gasteiger partial charge is 0.132 e. The van der Waals surface area contributed by atoms with Crippen LogP contribution in [-0.4, -0.2) is 11.1 Å². The van der Waals surface area contributed by atoms with Crippen molar-refractivity contribution in [2.75, 3.05) is 0 Å². The van der Waals surface area contributed by atoms with Crippen LogP contribution in [0.15, 0.2) is 47.1 Å². The van der Waals surface area contributed by atoms with E-state index in [2.05, 4.69) is 19.2 Å². The molecule has 1 aromatic carbocycles. The number of furan rings is 1. The van der Waals surface area contributed by atoms with Gasteiger partial charge in [0.2, 0.25) is 0 Å². The standard InChI is InChI=1S/C16H20ClNO2/c1-11(10-15(19)16-4-3-9-20-16)18-12(2)13-5-7-14(17)8-6-13/h3-9,11-12,15,18-19H,10H2,1-2H3. The summed E-state index contributed by atoms with van der Waals surface area (Å²) in [6.45, 7) is 4.15. The number of benzene rings is 1. The minimum atomic E-state index is -0.579. The average Bonchev–Trinajstić information content (AvgIpc) is 2.93. The van der Waals surface area contributed by atoms with Gasteiger partial charge in [0.25, 0.3) is 0 Å². The third kappa shape index (κ3) is 4.10.